The van der Waals surface area contributed by atoms with Crippen LogP contribution in [0.15, 0.2) is 53.0 Å². The highest BCUT2D eigenvalue weighted by atomic mass is 79.9. The first kappa shape index (κ1) is 19.7. The van der Waals surface area contributed by atoms with Gasteiger partial charge in [0, 0.05) is 11.0 Å². The highest BCUT2D eigenvalue weighted by molar-refractivity contribution is 9.10. The molecule has 0 atom stereocenters. The molecule has 6 nitrogen and oxygen atoms in total. The van der Waals surface area contributed by atoms with Crippen molar-refractivity contribution in [3.63, 3.8) is 0 Å². The molecule has 2 aromatic rings. The fourth-order valence-electron chi connectivity index (χ4n) is 2.11. The summed E-state index contributed by atoms with van der Waals surface area (Å²) in [5.74, 6) is -1.24. The van der Waals surface area contributed by atoms with E-state index in [4.69, 9.17) is 5.73 Å². The number of primary amides is 1. The lowest BCUT2D eigenvalue weighted by Gasteiger charge is -2.21. The topological polar surface area (TPSA) is 101 Å². The Morgan fingerprint density at radius 2 is 1.54 bits per heavy atom. The zero-order valence-electron chi connectivity index (χ0n) is 14.5. The minimum absolute atomic E-state index is 0.0910. The highest BCUT2D eigenvalue weighted by Crippen LogP contribution is 2.21. The number of benzene rings is 2. The summed E-state index contributed by atoms with van der Waals surface area (Å²) in [5, 5.41) is 5.43. The number of hydrogen-bond acceptors (Lipinski definition) is 3. The van der Waals surface area contributed by atoms with Gasteiger partial charge in [0.1, 0.15) is 0 Å². The first-order chi connectivity index (χ1) is 12.2. The molecule has 0 saturated carbocycles. The molecule has 0 aliphatic rings. The largest absolute Gasteiger partial charge is 0.369 e. The van der Waals surface area contributed by atoms with Gasteiger partial charge in [-0.25, -0.2) is 0 Å². The van der Waals surface area contributed by atoms with Gasteiger partial charge in [0.25, 0.3) is 11.8 Å². The maximum absolute atomic E-state index is 12.5. The molecule has 0 aromatic heterocycles. The van der Waals surface area contributed by atoms with Gasteiger partial charge in [0.05, 0.1) is 22.2 Å². The van der Waals surface area contributed by atoms with E-state index >= 15 is 0 Å². The molecule has 2 rings (SSSR count). The minimum Gasteiger partial charge on any atom is -0.369 e. The molecule has 0 heterocycles. The maximum Gasteiger partial charge on any atom is 0.256 e. The lowest BCUT2D eigenvalue weighted by atomic mass is 9.92. The van der Waals surface area contributed by atoms with Crippen molar-refractivity contribution in [2.75, 3.05) is 11.9 Å². The molecule has 3 amide bonds. The normalized spacial score (nSPS) is 10.9. The second-order valence-electron chi connectivity index (χ2n) is 6.41. The van der Waals surface area contributed by atoms with E-state index in [-0.39, 0.29) is 12.5 Å². The molecule has 0 saturated heterocycles. The third kappa shape index (κ3) is 4.70. The molecular weight excluding hydrogens is 398 g/mol. The number of rotatable bonds is 6. The van der Waals surface area contributed by atoms with Gasteiger partial charge in [-0.3, -0.25) is 14.4 Å². The number of halogens is 1. The lowest BCUT2D eigenvalue weighted by Crippen LogP contribution is -2.42. The third-order valence-electron chi connectivity index (χ3n) is 3.90. The van der Waals surface area contributed by atoms with Crippen LogP contribution in [0.25, 0.3) is 0 Å². The van der Waals surface area contributed by atoms with Crippen molar-refractivity contribution in [3.8, 4) is 0 Å². The summed E-state index contributed by atoms with van der Waals surface area (Å²) < 4.78 is 0.655. The van der Waals surface area contributed by atoms with Crippen molar-refractivity contribution < 1.29 is 14.4 Å². The van der Waals surface area contributed by atoms with Crippen LogP contribution in [0.2, 0.25) is 0 Å². The van der Waals surface area contributed by atoms with Crippen LogP contribution in [-0.4, -0.2) is 24.3 Å². The standard InChI is InChI=1S/C19H20BrN3O3/c1-19(2,18(21)26)11-22-16(24)13-8-4-6-10-15(13)23-17(25)12-7-3-5-9-14(12)20/h3-10H,11H2,1-2H3,(H2,21,26)(H,22,24)(H,23,25). The predicted octanol–water partition coefficient (Wildman–Crippen LogP) is 2.94. The van der Waals surface area contributed by atoms with E-state index in [1.807, 2.05) is 6.07 Å². The Kier molecular flexibility index (Phi) is 6.15. The van der Waals surface area contributed by atoms with Crippen molar-refractivity contribution in [2.45, 2.75) is 13.8 Å². The monoisotopic (exact) mass is 417 g/mol. The van der Waals surface area contributed by atoms with Gasteiger partial charge >= 0.3 is 0 Å². The zero-order valence-corrected chi connectivity index (χ0v) is 16.1. The quantitative estimate of drug-likeness (QED) is 0.672. The van der Waals surface area contributed by atoms with E-state index in [2.05, 4.69) is 26.6 Å². The van der Waals surface area contributed by atoms with Gasteiger partial charge < -0.3 is 16.4 Å². The molecule has 0 spiro atoms. The summed E-state index contributed by atoms with van der Waals surface area (Å²) in [6, 6.07) is 13.7. The number of anilines is 1. The number of nitrogens with one attached hydrogen (secondary N) is 2. The van der Waals surface area contributed by atoms with Gasteiger partial charge in [0.2, 0.25) is 5.91 Å². The first-order valence-corrected chi connectivity index (χ1v) is 8.74. The Morgan fingerprint density at radius 3 is 2.15 bits per heavy atom. The van der Waals surface area contributed by atoms with Gasteiger partial charge in [-0.05, 0) is 54.0 Å². The molecule has 136 valence electrons. The van der Waals surface area contributed by atoms with Gasteiger partial charge in [-0.2, -0.15) is 0 Å². The van der Waals surface area contributed by atoms with Crippen molar-refractivity contribution in [1.82, 2.24) is 5.32 Å². The Bertz CT molecular complexity index is 849. The van der Waals surface area contributed by atoms with Crippen LogP contribution in [-0.2, 0) is 4.79 Å². The van der Waals surface area contributed by atoms with Crippen LogP contribution >= 0.6 is 15.9 Å². The summed E-state index contributed by atoms with van der Waals surface area (Å²) in [6.07, 6.45) is 0. The fraction of sp³-hybridized carbons (Fsp3) is 0.211. The number of carbonyl (C=O) groups excluding carboxylic acids is 3. The average molecular weight is 418 g/mol. The Balaban J connectivity index is 2.17. The second kappa shape index (κ2) is 8.14. The second-order valence-corrected chi connectivity index (χ2v) is 7.26. The average Bonchev–Trinajstić information content (AvgIpc) is 2.60. The summed E-state index contributed by atoms with van der Waals surface area (Å²) in [5.41, 5.74) is 5.58. The van der Waals surface area contributed by atoms with Crippen molar-refractivity contribution in [3.05, 3.63) is 64.1 Å². The third-order valence-corrected chi connectivity index (χ3v) is 4.59. The predicted molar refractivity (Wildman–Crippen MR) is 104 cm³/mol. The van der Waals surface area contributed by atoms with Crippen LogP contribution < -0.4 is 16.4 Å². The Morgan fingerprint density at radius 1 is 0.962 bits per heavy atom. The zero-order chi connectivity index (χ0) is 19.3. The summed E-state index contributed by atoms with van der Waals surface area (Å²) in [6.45, 7) is 3.39. The summed E-state index contributed by atoms with van der Waals surface area (Å²) in [7, 11) is 0. The van der Waals surface area contributed by atoms with Crippen LogP contribution in [0.1, 0.15) is 34.6 Å². The number of para-hydroxylation sites is 1. The molecule has 26 heavy (non-hydrogen) atoms. The van der Waals surface area contributed by atoms with Gasteiger partial charge in [-0.1, -0.05) is 24.3 Å². The van der Waals surface area contributed by atoms with Crippen molar-refractivity contribution in [2.24, 2.45) is 11.1 Å². The van der Waals surface area contributed by atoms with E-state index in [1.54, 1.807) is 56.3 Å². The SMILES string of the molecule is CC(C)(CNC(=O)c1ccccc1NC(=O)c1ccccc1Br)C(N)=O. The Labute approximate surface area is 160 Å². The number of hydrogen-bond donors (Lipinski definition) is 3. The fourth-order valence-corrected chi connectivity index (χ4v) is 2.57. The van der Waals surface area contributed by atoms with E-state index < -0.39 is 17.2 Å². The molecule has 4 N–H and O–H groups in total. The molecule has 0 aliphatic heterocycles. The maximum atomic E-state index is 12.5. The molecule has 0 unspecified atom stereocenters. The van der Waals surface area contributed by atoms with Crippen LogP contribution in [0.4, 0.5) is 5.69 Å². The van der Waals surface area contributed by atoms with E-state index in [1.165, 1.54) is 0 Å². The number of nitrogens with two attached hydrogens (primary N) is 1. The summed E-state index contributed by atoms with van der Waals surface area (Å²) in [4.78, 5) is 36.4. The molecular formula is C19H20BrN3O3. The number of carbonyl (C=O) groups is 3. The van der Waals surface area contributed by atoms with Crippen LogP contribution in [0.5, 0.6) is 0 Å². The van der Waals surface area contributed by atoms with Crippen LogP contribution in [0.3, 0.4) is 0 Å². The number of amides is 3. The van der Waals surface area contributed by atoms with Crippen molar-refractivity contribution in [1.29, 1.82) is 0 Å². The van der Waals surface area contributed by atoms with Gasteiger partial charge in [-0.15, -0.1) is 0 Å². The molecule has 2 aromatic carbocycles. The van der Waals surface area contributed by atoms with E-state index in [9.17, 15) is 14.4 Å². The van der Waals surface area contributed by atoms with Crippen molar-refractivity contribution >= 4 is 39.3 Å². The molecule has 7 heteroatoms. The summed E-state index contributed by atoms with van der Waals surface area (Å²) >= 11 is 3.33. The van der Waals surface area contributed by atoms with E-state index in [0.717, 1.165) is 0 Å². The highest BCUT2D eigenvalue weighted by Gasteiger charge is 2.26. The molecule has 0 bridgehead atoms. The minimum atomic E-state index is -0.872. The lowest BCUT2D eigenvalue weighted by molar-refractivity contribution is -0.125. The molecule has 0 fully saturated rings. The smallest absolute Gasteiger partial charge is 0.256 e. The van der Waals surface area contributed by atoms with Crippen LogP contribution in [0, 0.1) is 5.41 Å². The molecule has 0 aliphatic carbocycles. The molecule has 0 radical (unpaired) electrons. The Hall–Kier alpha value is -2.67. The first-order valence-electron chi connectivity index (χ1n) is 7.95. The van der Waals surface area contributed by atoms with Gasteiger partial charge in [0.15, 0.2) is 0 Å². The van der Waals surface area contributed by atoms with E-state index in [0.29, 0.717) is 21.3 Å².